The van der Waals surface area contributed by atoms with E-state index in [-0.39, 0.29) is 0 Å². The first kappa shape index (κ1) is 28.1. The minimum absolute atomic E-state index is 1.24. The van der Waals surface area contributed by atoms with Gasteiger partial charge < -0.3 is 0 Å². The molecular weight excluding hydrogens is 641 g/mol. The van der Waals surface area contributed by atoms with Crippen molar-refractivity contribution in [2.75, 3.05) is 0 Å². The van der Waals surface area contributed by atoms with Gasteiger partial charge in [-0.15, -0.1) is 22.7 Å². The van der Waals surface area contributed by atoms with Crippen molar-refractivity contribution in [2.45, 2.75) is 0 Å². The van der Waals surface area contributed by atoms with Crippen LogP contribution in [0.4, 0.5) is 0 Å². The molecule has 0 nitrogen and oxygen atoms in total. The summed E-state index contributed by atoms with van der Waals surface area (Å²) in [4.78, 5) is 0. The lowest BCUT2D eigenvalue weighted by atomic mass is 9.85. The molecule has 0 N–H and O–H groups in total. The Labute approximate surface area is 297 Å². The van der Waals surface area contributed by atoms with Crippen LogP contribution < -0.4 is 0 Å². The van der Waals surface area contributed by atoms with E-state index in [1.165, 1.54) is 106 Å². The molecule has 0 bridgehead atoms. The minimum Gasteiger partial charge on any atom is -0.134 e. The second-order valence-electron chi connectivity index (χ2n) is 13.1. The Balaban J connectivity index is 1.16. The van der Waals surface area contributed by atoms with E-state index in [2.05, 4.69) is 170 Å². The van der Waals surface area contributed by atoms with Crippen molar-refractivity contribution in [3.05, 3.63) is 170 Å². The van der Waals surface area contributed by atoms with Gasteiger partial charge in [0.15, 0.2) is 0 Å². The highest BCUT2D eigenvalue weighted by Crippen LogP contribution is 2.49. The van der Waals surface area contributed by atoms with Crippen molar-refractivity contribution in [2.24, 2.45) is 0 Å². The summed E-state index contributed by atoms with van der Waals surface area (Å²) >= 11 is 3.86. The predicted molar refractivity (Wildman–Crippen MR) is 221 cm³/mol. The van der Waals surface area contributed by atoms with Crippen LogP contribution in [-0.2, 0) is 0 Å². The number of hydrogen-bond acceptors (Lipinski definition) is 2. The first-order valence-corrected chi connectivity index (χ1v) is 18.7. The molecule has 0 saturated carbocycles. The fourth-order valence-corrected chi connectivity index (χ4v) is 10.9. The molecule has 11 rings (SSSR count). The SMILES string of the molecule is c1ccc(-c2c3ccccc3c(-c3ccc(-c4c5ccccc5cc5c4sc4ccc6c7ccccc7sc6c45)cc3)c3ccccc23)cc1. The van der Waals surface area contributed by atoms with E-state index in [0.717, 1.165) is 0 Å². The van der Waals surface area contributed by atoms with Crippen LogP contribution in [0.5, 0.6) is 0 Å². The van der Waals surface area contributed by atoms with Crippen LogP contribution in [0, 0.1) is 0 Å². The number of thiophene rings is 2. The molecule has 9 aromatic carbocycles. The molecule has 2 aromatic heterocycles. The highest BCUT2D eigenvalue weighted by Gasteiger charge is 2.20. The van der Waals surface area contributed by atoms with E-state index < -0.39 is 0 Å². The van der Waals surface area contributed by atoms with E-state index >= 15 is 0 Å². The van der Waals surface area contributed by atoms with Crippen LogP contribution in [0.1, 0.15) is 0 Å². The molecule has 0 aliphatic rings. The molecule has 11 aromatic rings. The quantitative estimate of drug-likeness (QED) is 0.164. The molecular formula is C48H28S2. The summed E-state index contributed by atoms with van der Waals surface area (Å²) in [6, 6.07) is 62.9. The number of benzene rings is 9. The van der Waals surface area contributed by atoms with Gasteiger partial charge in [-0.3, -0.25) is 0 Å². The van der Waals surface area contributed by atoms with E-state index in [1.807, 2.05) is 22.7 Å². The molecule has 0 radical (unpaired) electrons. The maximum absolute atomic E-state index is 2.43. The van der Waals surface area contributed by atoms with Gasteiger partial charge in [0.05, 0.1) is 0 Å². The summed E-state index contributed by atoms with van der Waals surface area (Å²) in [6.07, 6.45) is 0. The first-order chi connectivity index (χ1) is 24.8. The second kappa shape index (κ2) is 10.9. The fraction of sp³-hybridized carbons (Fsp3) is 0. The molecule has 0 atom stereocenters. The summed E-state index contributed by atoms with van der Waals surface area (Å²) in [5.41, 5.74) is 7.66. The highest BCUT2D eigenvalue weighted by atomic mass is 32.1. The Morgan fingerprint density at radius 2 is 0.780 bits per heavy atom. The molecule has 232 valence electrons. The molecule has 0 aliphatic heterocycles. The van der Waals surface area contributed by atoms with E-state index in [0.29, 0.717) is 0 Å². The van der Waals surface area contributed by atoms with Crippen LogP contribution >= 0.6 is 22.7 Å². The Hall–Kier alpha value is -5.80. The van der Waals surface area contributed by atoms with E-state index in [1.54, 1.807) is 0 Å². The highest BCUT2D eigenvalue weighted by molar-refractivity contribution is 7.30. The third-order valence-electron chi connectivity index (χ3n) is 10.4. The van der Waals surface area contributed by atoms with Crippen molar-refractivity contribution < 1.29 is 0 Å². The van der Waals surface area contributed by atoms with Crippen molar-refractivity contribution in [1.82, 2.24) is 0 Å². The van der Waals surface area contributed by atoms with Crippen molar-refractivity contribution >= 4 is 95.3 Å². The molecule has 0 saturated heterocycles. The molecule has 0 spiro atoms. The van der Waals surface area contributed by atoms with Gasteiger partial charge in [-0.1, -0.05) is 152 Å². The predicted octanol–water partition coefficient (Wildman–Crippen LogP) is 14.9. The summed E-state index contributed by atoms with van der Waals surface area (Å²) in [5.74, 6) is 0. The lowest BCUT2D eigenvalue weighted by Gasteiger charge is -2.18. The zero-order valence-corrected chi connectivity index (χ0v) is 28.6. The molecule has 0 unspecified atom stereocenters. The third-order valence-corrected chi connectivity index (χ3v) is 12.8. The maximum Gasteiger partial charge on any atom is 0.0448 e. The van der Waals surface area contributed by atoms with Crippen molar-refractivity contribution in [1.29, 1.82) is 0 Å². The summed E-state index contributed by atoms with van der Waals surface area (Å²) < 4.78 is 5.45. The molecule has 0 amide bonds. The molecule has 2 heterocycles. The van der Waals surface area contributed by atoms with Gasteiger partial charge >= 0.3 is 0 Å². The number of rotatable bonds is 3. The van der Waals surface area contributed by atoms with Crippen LogP contribution in [0.25, 0.3) is 106 Å². The van der Waals surface area contributed by atoms with Crippen molar-refractivity contribution in [3.63, 3.8) is 0 Å². The van der Waals surface area contributed by atoms with Crippen LogP contribution in [0.15, 0.2) is 170 Å². The molecule has 2 heteroatoms. The number of hydrogen-bond donors (Lipinski definition) is 0. The zero-order valence-electron chi connectivity index (χ0n) is 27.0. The molecule has 50 heavy (non-hydrogen) atoms. The normalized spacial score (nSPS) is 12.0. The monoisotopic (exact) mass is 668 g/mol. The zero-order chi connectivity index (χ0) is 32.8. The Kier molecular flexibility index (Phi) is 6.09. The van der Waals surface area contributed by atoms with Gasteiger partial charge in [0.25, 0.3) is 0 Å². The lowest BCUT2D eigenvalue weighted by molar-refractivity contribution is 1.64. The standard InChI is InChI=1S/C48H28S2/c1-2-12-29(13-3-1)43-35-17-6-8-19-37(35)44(38-20-9-7-18-36(38)43)30-22-24-31(25-23-30)45-33-15-5-4-14-32(33)28-40-46-42(50-48(40)45)27-26-39-34-16-10-11-21-41(34)49-47(39)46/h1-28H. The van der Waals surface area contributed by atoms with Crippen LogP contribution in [-0.4, -0.2) is 0 Å². The lowest BCUT2D eigenvalue weighted by Crippen LogP contribution is -1.91. The van der Waals surface area contributed by atoms with Gasteiger partial charge in [0, 0.05) is 45.9 Å². The van der Waals surface area contributed by atoms with Gasteiger partial charge in [-0.2, -0.15) is 0 Å². The van der Waals surface area contributed by atoms with E-state index in [9.17, 15) is 0 Å². The van der Waals surface area contributed by atoms with Crippen LogP contribution in [0.2, 0.25) is 0 Å². The van der Waals surface area contributed by atoms with Gasteiger partial charge in [-0.25, -0.2) is 0 Å². The second-order valence-corrected chi connectivity index (χ2v) is 15.3. The number of fused-ring (bicyclic) bond motifs is 10. The maximum atomic E-state index is 2.43. The van der Waals surface area contributed by atoms with Gasteiger partial charge in [-0.05, 0) is 78.3 Å². The Morgan fingerprint density at radius 1 is 0.280 bits per heavy atom. The van der Waals surface area contributed by atoms with E-state index in [4.69, 9.17) is 0 Å². The molecule has 0 aliphatic carbocycles. The van der Waals surface area contributed by atoms with Gasteiger partial charge in [0.2, 0.25) is 0 Å². The fourth-order valence-electron chi connectivity index (χ4n) is 8.29. The van der Waals surface area contributed by atoms with Gasteiger partial charge in [0.1, 0.15) is 0 Å². The summed E-state index contributed by atoms with van der Waals surface area (Å²) in [7, 11) is 0. The Morgan fingerprint density at radius 3 is 1.44 bits per heavy atom. The first-order valence-electron chi connectivity index (χ1n) is 17.1. The molecule has 0 fully saturated rings. The smallest absolute Gasteiger partial charge is 0.0448 e. The topological polar surface area (TPSA) is 0 Å². The third kappa shape index (κ3) is 4.04. The van der Waals surface area contributed by atoms with Crippen molar-refractivity contribution in [3.8, 4) is 33.4 Å². The Bertz CT molecular complexity index is 3070. The average molecular weight is 669 g/mol. The summed E-state index contributed by atoms with van der Waals surface area (Å²) in [5, 5.41) is 13.2. The minimum atomic E-state index is 1.24. The summed E-state index contributed by atoms with van der Waals surface area (Å²) in [6.45, 7) is 0. The van der Waals surface area contributed by atoms with Crippen LogP contribution in [0.3, 0.4) is 0 Å². The average Bonchev–Trinajstić information content (AvgIpc) is 3.74. The largest absolute Gasteiger partial charge is 0.134 e.